The van der Waals surface area contributed by atoms with Gasteiger partial charge in [-0.25, -0.2) is 4.39 Å². The minimum absolute atomic E-state index is 0.109. The van der Waals surface area contributed by atoms with E-state index >= 15 is 0 Å². The van der Waals surface area contributed by atoms with E-state index in [1.54, 1.807) is 36.3 Å². The monoisotopic (exact) mass is 433 g/mol. The molecule has 2 aromatic carbocycles. The van der Waals surface area contributed by atoms with Crippen LogP contribution in [0, 0.1) is 5.82 Å². The van der Waals surface area contributed by atoms with Crippen LogP contribution in [0.3, 0.4) is 0 Å². The molecule has 0 spiro atoms. The van der Waals surface area contributed by atoms with Gasteiger partial charge >= 0.3 is 0 Å². The van der Waals surface area contributed by atoms with Gasteiger partial charge in [0.2, 0.25) is 5.91 Å². The summed E-state index contributed by atoms with van der Waals surface area (Å²) in [6.45, 7) is 2.92. The molecule has 1 fully saturated rings. The van der Waals surface area contributed by atoms with Gasteiger partial charge in [-0.2, -0.15) is 0 Å². The summed E-state index contributed by atoms with van der Waals surface area (Å²) in [7, 11) is 1.57. The minimum Gasteiger partial charge on any atom is -0.496 e. The standard InChI is InChI=1S/C22H25ClFN3O3/c1-30-20-7-6-18(23)12-17(20)14-25-21(28)15-26-8-3-9-27(11-10-26)22(29)16-4-2-5-19(24)13-16/h2,4-7,12-13H,3,8-11,14-15H2,1H3,(H,25,28). The van der Waals surface area contributed by atoms with Gasteiger partial charge in [-0.15, -0.1) is 0 Å². The summed E-state index contributed by atoms with van der Waals surface area (Å²) >= 11 is 6.03. The third-order valence-corrected chi connectivity index (χ3v) is 5.27. The Kier molecular flexibility index (Phi) is 7.65. The predicted molar refractivity (Wildman–Crippen MR) is 113 cm³/mol. The van der Waals surface area contributed by atoms with E-state index in [1.807, 2.05) is 4.90 Å². The van der Waals surface area contributed by atoms with Gasteiger partial charge in [0.25, 0.3) is 5.91 Å². The van der Waals surface area contributed by atoms with Gasteiger partial charge in [0.15, 0.2) is 0 Å². The Morgan fingerprint density at radius 3 is 2.73 bits per heavy atom. The second-order valence-electron chi connectivity index (χ2n) is 7.17. The second kappa shape index (κ2) is 10.4. The average molecular weight is 434 g/mol. The zero-order chi connectivity index (χ0) is 21.5. The fourth-order valence-electron chi connectivity index (χ4n) is 3.47. The summed E-state index contributed by atoms with van der Waals surface area (Å²) in [4.78, 5) is 28.8. The quantitative estimate of drug-likeness (QED) is 0.760. The van der Waals surface area contributed by atoms with E-state index < -0.39 is 5.82 Å². The van der Waals surface area contributed by atoms with Crippen molar-refractivity contribution < 1.29 is 18.7 Å². The molecule has 1 saturated heterocycles. The van der Waals surface area contributed by atoms with Crippen molar-refractivity contribution in [2.45, 2.75) is 13.0 Å². The summed E-state index contributed by atoms with van der Waals surface area (Å²) in [6, 6.07) is 11.0. The van der Waals surface area contributed by atoms with Crippen molar-refractivity contribution in [3.63, 3.8) is 0 Å². The first kappa shape index (κ1) is 22.1. The van der Waals surface area contributed by atoms with Crippen LogP contribution in [0.25, 0.3) is 0 Å². The van der Waals surface area contributed by atoms with Crippen molar-refractivity contribution in [3.05, 3.63) is 64.4 Å². The number of carbonyl (C=O) groups is 2. The molecule has 0 atom stereocenters. The molecule has 30 heavy (non-hydrogen) atoms. The minimum atomic E-state index is -0.426. The molecule has 0 aromatic heterocycles. The first-order chi connectivity index (χ1) is 14.5. The maximum absolute atomic E-state index is 13.4. The fourth-order valence-corrected chi connectivity index (χ4v) is 3.67. The zero-order valence-corrected chi connectivity index (χ0v) is 17.6. The van der Waals surface area contributed by atoms with E-state index in [4.69, 9.17) is 16.3 Å². The number of nitrogens with zero attached hydrogens (tertiary/aromatic N) is 2. The largest absolute Gasteiger partial charge is 0.496 e. The topological polar surface area (TPSA) is 61.9 Å². The van der Waals surface area contributed by atoms with Crippen LogP contribution in [0.2, 0.25) is 5.02 Å². The highest BCUT2D eigenvalue weighted by molar-refractivity contribution is 6.30. The molecule has 3 rings (SSSR count). The number of methoxy groups -OCH3 is 1. The van der Waals surface area contributed by atoms with E-state index in [0.29, 0.717) is 49.1 Å². The lowest BCUT2D eigenvalue weighted by Crippen LogP contribution is -2.40. The molecular formula is C22H25ClFN3O3. The lowest BCUT2D eigenvalue weighted by atomic mass is 10.2. The molecule has 2 amide bonds. The number of amides is 2. The Bertz CT molecular complexity index is 909. The Morgan fingerprint density at radius 2 is 1.97 bits per heavy atom. The maximum atomic E-state index is 13.4. The van der Waals surface area contributed by atoms with Crippen molar-refractivity contribution >= 4 is 23.4 Å². The van der Waals surface area contributed by atoms with Crippen LogP contribution in [0.15, 0.2) is 42.5 Å². The molecule has 1 heterocycles. The summed E-state index contributed by atoms with van der Waals surface area (Å²) in [5, 5.41) is 3.47. The predicted octanol–water partition coefficient (Wildman–Crippen LogP) is 2.95. The van der Waals surface area contributed by atoms with Crippen LogP contribution < -0.4 is 10.1 Å². The third-order valence-electron chi connectivity index (χ3n) is 5.03. The highest BCUT2D eigenvalue weighted by Gasteiger charge is 2.21. The highest BCUT2D eigenvalue weighted by Crippen LogP contribution is 2.22. The second-order valence-corrected chi connectivity index (χ2v) is 7.60. The van der Waals surface area contributed by atoms with E-state index in [1.165, 1.54) is 18.2 Å². The van der Waals surface area contributed by atoms with Gasteiger partial charge in [0.1, 0.15) is 11.6 Å². The van der Waals surface area contributed by atoms with Crippen molar-refractivity contribution in [2.24, 2.45) is 0 Å². The smallest absolute Gasteiger partial charge is 0.254 e. The zero-order valence-electron chi connectivity index (χ0n) is 16.9. The van der Waals surface area contributed by atoms with Crippen LogP contribution in [0.5, 0.6) is 5.75 Å². The number of halogens is 2. The normalized spacial score (nSPS) is 14.8. The van der Waals surface area contributed by atoms with Gasteiger partial charge in [-0.3, -0.25) is 14.5 Å². The molecule has 0 radical (unpaired) electrons. The molecule has 0 bridgehead atoms. The molecule has 0 unspecified atom stereocenters. The van der Waals surface area contributed by atoms with E-state index in [-0.39, 0.29) is 18.4 Å². The van der Waals surface area contributed by atoms with Crippen molar-refractivity contribution in [2.75, 3.05) is 39.8 Å². The summed E-state index contributed by atoms with van der Waals surface area (Å²) in [5.41, 5.74) is 1.15. The van der Waals surface area contributed by atoms with Crippen molar-refractivity contribution in [3.8, 4) is 5.75 Å². The van der Waals surface area contributed by atoms with Crippen molar-refractivity contribution in [1.29, 1.82) is 0 Å². The Morgan fingerprint density at radius 1 is 1.13 bits per heavy atom. The molecule has 0 saturated carbocycles. The fraction of sp³-hybridized carbons (Fsp3) is 0.364. The number of carbonyl (C=O) groups excluding carboxylic acids is 2. The number of nitrogens with one attached hydrogen (secondary N) is 1. The third kappa shape index (κ3) is 5.93. The summed E-state index contributed by atoms with van der Waals surface area (Å²) in [5.74, 6) is -0.0536. The molecule has 1 aliphatic heterocycles. The van der Waals surface area contributed by atoms with E-state index in [9.17, 15) is 14.0 Å². The van der Waals surface area contributed by atoms with Gasteiger partial charge in [0, 0.05) is 48.9 Å². The number of rotatable bonds is 6. The molecule has 160 valence electrons. The first-order valence-corrected chi connectivity index (χ1v) is 10.2. The molecular weight excluding hydrogens is 409 g/mol. The highest BCUT2D eigenvalue weighted by atomic mass is 35.5. The van der Waals surface area contributed by atoms with Gasteiger partial charge in [-0.05, 0) is 42.8 Å². The Hall–Kier alpha value is -2.64. The Labute approximate surface area is 180 Å². The van der Waals surface area contributed by atoms with E-state index in [0.717, 1.165) is 12.0 Å². The SMILES string of the molecule is COc1ccc(Cl)cc1CNC(=O)CN1CCCN(C(=O)c2cccc(F)c2)CC1. The van der Waals surface area contributed by atoms with Gasteiger partial charge in [0.05, 0.1) is 13.7 Å². The van der Waals surface area contributed by atoms with Crippen LogP contribution in [0.4, 0.5) is 4.39 Å². The maximum Gasteiger partial charge on any atom is 0.254 e. The lowest BCUT2D eigenvalue weighted by Gasteiger charge is -2.22. The molecule has 1 aliphatic rings. The molecule has 2 aromatic rings. The average Bonchev–Trinajstić information content (AvgIpc) is 2.97. The molecule has 1 N–H and O–H groups in total. The molecule has 6 nitrogen and oxygen atoms in total. The molecule has 0 aliphatic carbocycles. The Balaban J connectivity index is 1.50. The number of hydrogen-bond acceptors (Lipinski definition) is 4. The van der Waals surface area contributed by atoms with Crippen LogP contribution in [0.1, 0.15) is 22.3 Å². The van der Waals surface area contributed by atoms with Crippen LogP contribution in [-0.4, -0.2) is 61.4 Å². The van der Waals surface area contributed by atoms with Crippen LogP contribution in [-0.2, 0) is 11.3 Å². The van der Waals surface area contributed by atoms with Gasteiger partial charge in [-0.1, -0.05) is 17.7 Å². The van der Waals surface area contributed by atoms with E-state index in [2.05, 4.69) is 5.32 Å². The number of ether oxygens (including phenoxy) is 1. The van der Waals surface area contributed by atoms with Gasteiger partial charge < -0.3 is 15.0 Å². The van der Waals surface area contributed by atoms with Crippen molar-refractivity contribution in [1.82, 2.24) is 15.1 Å². The number of benzene rings is 2. The first-order valence-electron chi connectivity index (χ1n) is 9.82. The number of hydrogen-bond donors (Lipinski definition) is 1. The van der Waals surface area contributed by atoms with Crippen LogP contribution >= 0.6 is 11.6 Å². The lowest BCUT2D eigenvalue weighted by molar-refractivity contribution is -0.122. The molecule has 8 heteroatoms. The summed E-state index contributed by atoms with van der Waals surface area (Å²) < 4.78 is 18.7. The summed E-state index contributed by atoms with van der Waals surface area (Å²) in [6.07, 6.45) is 0.746.